The van der Waals surface area contributed by atoms with Crippen molar-refractivity contribution >= 4 is 5.91 Å². The minimum Gasteiger partial charge on any atom is -0.490 e. The second kappa shape index (κ2) is 8.86. The summed E-state index contributed by atoms with van der Waals surface area (Å²) in [7, 11) is 0. The molecule has 2 aromatic rings. The van der Waals surface area contributed by atoms with E-state index < -0.39 is 6.10 Å². The Morgan fingerprint density at radius 3 is 2.50 bits per heavy atom. The zero-order valence-corrected chi connectivity index (χ0v) is 15.0. The summed E-state index contributed by atoms with van der Waals surface area (Å²) in [6, 6.07) is 12.5. The second-order valence-electron chi connectivity index (χ2n) is 5.75. The Kier molecular flexibility index (Phi) is 6.56. The van der Waals surface area contributed by atoms with Gasteiger partial charge in [-0.3, -0.25) is 4.79 Å². The third-order valence-electron chi connectivity index (χ3n) is 3.77. The van der Waals surface area contributed by atoms with E-state index in [1.165, 1.54) is 12.1 Å². The number of carbonyl (C=O) groups excluding carboxylic acids is 1. The van der Waals surface area contributed by atoms with Crippen LogP contribution in [0.1, 0.15) is 37.9 Å². The van der Waals surface area contributed by atoms with Crippen LogP contribution in [0, 0.1) is 17.1 Å². The fraction of sp³-hybridized carbons (Fsp3) is 0.300. The number of ether oxygens (including phenoxy) is 2. The molecule has 0 aliphatic heterocycles. The van der Waals surface area contributed by atoms with E-state index in [2.05, 4.69) is 5.32 Å². The summed E-state index contributed by atoms with van der Waals surface area (Å²) in [5, 5.41) is 11.8. The third-order valence-corrected chi connectivity index (χ3v) is 3.77. The largest absolute Gasteiger partial charge is 0.490 e. The average Bonchev–Trinajstić information content (AvgIpc) is 2.63. The Morgan fingerprint density at radius 1 is 1.19 bits per heavy atom. The first kappa shape index (κ1) is 19.3. The van der Waals surface area contributed by atoms with E-state index in [1.807, 2.05) is 19.9 Å². The molecule has 0 aliphatic carbocycles. The Morgan fingerprint density at radius 2 is 1.88 bits per heavy atom. The molecule has 2 atom stereocenters. The third kappa shape index (κ3) is 4.96. The Labute approximate surface area is 152 Å². The van der Waals surface area contributed by atoms with Gasteiger partial charge in [-0.25, -0.2) is 4.39 Å². The molecule has 0 bridgehead atoms. The smallest absolute Gasteiger partial charge is 0.261 e. The molecule has 5 nitrogen and oxygen atoms in total. The predicted molar refractivity (Wildman–Crippen MR) is 95.4 cm³/mol. The number of nitrogens with zero attached hydrogens (tertiary/aromatic N) is 1. The number of amides is 1. The SMILES string of the molecule is CCOc1cc(C#N)ccc1O[C@H](C)C(=O)N[C@H](C)c1ccc(F)cc1. The van der Waals surface area contributed by atoms with Gasteiger partial charge >= 0.3 is 0 Å². The highest BCUT2D eigenvalue weighted by Crippen LogP contribution is 2.29. The summed E-state index contributed by atoms with van der Waals surface area (Å²) in [6.45, 7) is 5.67. The highest BCUT2D eigenvalue weighted by molar-refractivity contribution is 5.81. The van der Waals surface area contributed by atoms with Crippen molar-refractivity contribution < 1.29 is 18.7 Å². The normalized spacial score (nSPS) is 12.6. The van der Waals surface area contributed by atoms with Gasteiger partial charge in [-0.05, 0) is 50.6 Å². The van der Waals surface area contributed by atoms with Crippen LogP contribution in [-0.4, -0.2) is 18.6 Å². The molecule has 0 aromatic heterocycles. The summed E-state index contributed by atoms with van der Waals surface area (Å²) >= 11 is 0. The van der Waals surface area contributed by atoms with Gasteiger partial charge in [0.25, 0.3) is 5.91 Å². The summed E-state index contributed by atoms with van der Waals surface area (Å²) in [5.41, 5.74) is 1.24. The van der Waals surface area contributed by atoms with Crippen LogP contribution in [0.2, 0.25) is 0 Å². The van der Waals surface area contributed by atoms with E-state index in [-0.39, 0.29) is 17.8 Å². The lowest BCUT2D eigenvalue weighted by molar-refractivity contribution is -0.127. The highest BCUT2D eigenvalue weighted by Gasteiger charge is 2.19. The van der Waals surface area contributed by atoms with E-state index in [1.54, 1.807) is 37.3 Å². The number of nitrogens with one attached hydrogen (secondary N) is 1. The van der Waals surface area contributed by atoms with Gasteiger partial charge in [-0.2, -0.15) is 5.26 Å². The molecule has 1 N–H and O–H groups in total. The van der Waals surface area contributed by atoms with Crippen LogP contribution in [0.25, 0.3) is 0 Å². The highest BCUT2D eigenvalue weighted by atomic mass is 19.1. The van der Waals surface area contributed by atoms with Crippen molar-refractivity contribution in [3.63, 3.8) is 0 Å². The van der Waals surface area contributed by atoms with Crippen molar-refractivity contribution in [1.82, 2.24) is 5.32 Å². The molecule has 26 heavy (non-hydrogen) atoms. The second-order valence-corrected chi connectivity index (χ2v) is 5.75. The molecule has 6 heteroatoms. The number of halogens is 1. The topological polar surface area (TPSA) is 71.3 Å². The Bertz CT molecular complexity index is 800. The van der Waals surface area contributed by atoms with Crippen LogP contribution in [0.4, 0.5) is 4.39 Å². The molecular formula is C20H21FN2O3. The van der Waals surface area contributed by atoms with Gasteiger partial charge in [0.1, 0.15) is 5.82 Å². The first-order valence-corrected chi connectivity index (χ1v) is 8.34. The molecule has 1 amide bonds. The van der Waals surface area contributed by atoms with Gasteiger partial charge in [-0.1, -0.05) is 12.1 Å². The van der Waals surface area contributed by atoms with Crippen molar-refractivity contribution in [2.45, 2.75) is 32.9 Å². The maximum atomic E-state index is 13.0. The quantitative estimate of drug-likeness (QED) is 0.820. The lowest BCUT2D eigenvalue weighted by atomic mass is 10.1. The molecular weight excluding hydrogens is 335 g/mol. The molecule has 0 fully saturated rings. The molecule has 136 valence electrons. The van der Waals surface area contributed by atoms with Gasteiger partial charge in [0.2, 0.25) is 0 Å². The molecule has 0 saturated carbocycles. The Balaban J connectivity index is 2.04. The van der Waals surface area contributed by atoms with Crippen LogP contribution in [0.5, 0.6) is 11.5 Å². The van der Waals surface area contributed by atoms with Crippen molar-refractivity contribution in [3.8, 4) is 17.6 Å². The minimum absolute atomic E-state index is 0.290. The van der Waals surface area contributed by atoms with Crippen LogP contribution in [0.15, 0.2) is 42.5 Å². The predicted octanol–water partition coefficient (Wildman–Crippen LogP) is 3.74. The number of rotatable bonds is 7. The molecule has 2 rings (SSSR count). The first-order chi connectivity index (χ1) is 12.4. The van der Waals surface area contributed by atoms with Gasteiger partial charge in [-0.15, -0.1) is 0 Å². The lowest BCUT2D eigenvalue weighted by Gasteiger charge is -2.20. The molecule has 2 aromatic carbocycles. The monoisotopic (exact) mass is 356 g/mol. The summed E-state index contributed by atoms with van der Waals surface area (Å²) < 4.78 is 24.2. The van der Waals surface area contributed by atoms with Crippen molar-refractivity contribution in [2.75, 3.05) is 6.61 Å². The molecule has 0 unspecified atom stereocenters. The number of hydrogen-bond donors (Lipinski definition) is 1. The molecule has 0 aliphatic rings. The lowest BCUT2D eigenvalue weighted by Crippen LogP contribution is -2.37. The number of benzene rings is 2. The summed E-state index contributed by atoms with van der Waals surface area (Å²) in [4.78, 5) is 12.4. The fourth-order valence-electron chi connectivity index (χ4n) is 2.35. The average molecular weight is 356 g/mol. The van der Waals surface area contributed by atoms with Crippen LogP contribution in [0.3, 0.4) is 0 Å². The summed E-state index contributed by atoms with van der Waals surface area (Å²) in [5.74, 6) is 0.169. The molecule has 0 radical (unpaired) electrons. The Hall–Kier alpha value is -3.07. The van der Waals surface area contributed by atoms with Crippen LogP contribution < -0.4 is 14.8 Å². The van der Waals surface area contributed by atoms with Gasteiger partial charge in [0, 0.05) is 6.07 Å². The summed E-state index contributed by atoms with van der Waals surface area (Å²) in [6.07, 6.45) is -0.773. The van der Waals surface area contributed by atoms with Crippen LogP contribution in [-0.2, 0) is 4.79 Å². The van der Waals surface area contributed by atoms with E-state index in [0.29, 0.717) is 23.7 Å². The number of carbonyl (C=O) groups is 1. The maximum Gasteiger partial charge on any atom is 0.261 e. The van der Waals surface area contributed by atoms with Crippen molar-refractivity contribution in [1.29, 1.82) is 5.26 Å². The van der Waals surface area contributed by atoms with E-state index in [0.717, 1.165) is 5.56 Å². The molecule has 0 saturated heterocycles. The molecule has 0 heterocycles. The van der Waals surface area contributed by atoms with Gasteiger partial charge < -0.3 is 14.8 Å². The van der Waals surface area contributed by atoms with E-state index in [9.17, 15) is 9.18 Å². The first-order valence-electron chi connectivity index (χ1n) is 8.34. The van der Waals surface area contributed by atoms with E-state index >= 15 is 0 Å². The maximum absolute atomic E-state index is 13.0. The number of hydrogen-bond acceptors (Lipinski definition) is 4. The standard InChI is InChI=1S/C20H21FN2O3/c1-4-25-19-11-15(12-22)5-10-18(19)26-14(3)20(24)23-13(2)16-6-8-17(21)9-7-16/h5-11,13-14H,4H2,1-3H3,(H,23,24)/t13-,14-/m1/s1. The zero-order chi connectivity index (χ0) is 19.1. The minimum atomic E-state index is -0.773. The van der Waals surface area contributed by atoms with Crippen molar-refractivity contribution in [3.05, 3.63) is 59.4 Å². The fourth-order valence-corrected chi connectivity index (χ4v) is 2.35. The van der Waals surface area contributed by atoms with E-state index in [4.69, 9.17) is 14.7 Å². The number of nitriles is 1. The van der Waals surface area contributed by atoms with Gasteiger partial charge in [0.15, 0.2) is 17.6 Å². The zero-order valence-electron chi connectivity index (χ0n) is 15.0. The van der Waals surface area contributed by atoms with Gasteiger partial charge in [0.05, 0.1) is 24.3 Å². The van der Waals surface area contributed by atoms with Crippen molar-refractivity contribution in [2.24, 2.45) is 0 Å². The van der Waals surface area contributed by atoms with Crippen LogP contribution >= 0.6 is 0 Å². The molecule has 0 spiro atoms.